The first-order chi connectivity index (χ1) is 11.2. The predicted octanol–water partition coefficient (Wildman–Crippen LogP) is 0.502. The smallest absolute Gasteiger partial charge is 1.00 e. The van der Waals surface area contributed by atoms with Crippen molar-refractivity contribution in [3.8, 4) is 0 Å². The summed E-state index contributed by atoms with van der Waals surface area (Å²) >= 11 is 7.16. The molecule has 0 aliphatic heterocycles. The normalized spacial score (nSPS) is 12.5. The van der Waals surface area contributed by atoms with Crippen molar-refractivity contribution in [1.29, 1.82) is 0 Å². The number of thiophene rings is 1. The fourth-order valence-electron chi connectivity index (χ4n) is 1.88. The van der Waals surface area contributed by atoms with Gasteiger partial charge in [-0.15, -0.1) is 35.3 Å². The third kappa shape index (κ3) is 6.97. The minimum atomic E-state index is -1.27. The van der Waals surface area contributed by atoms with Gasteiger partial charge in [-0.25, -0.2) is 4.79 Å². The van der Waals surface area contributed by atoms with Crippen molar-refractivity contribution in [2.45, 2.75) is 36.3 Å². The van der Waals surface area contributed by atoms with Gasteiger partial charge < -0.3 is 11.5 Å². The van der Waals surface area contributed by atoms with Gasteiger partial charge in [0.1, 0.15) is 5.60 Å². The second-order valence-electron chi connectivity index (χ2n) is 6.05. The molecule has 0 fully saturated rings. The van der Waals surface area contributed by atoms with Crippen molar-refractivity contribution in [3.05, 3.63) is 27.2 Å². The number of carbonyl (C=O) groups excluding carboxylic acids is 1. The van der Waals surface area contributed by atoms with Crippen LogP contribution in [-0.4, -0.2) is 28.2 Å². The van der Waals surface area contributed by atoms with Gasteiger partial charge in [0.25, 0.3) is 0 Å². The monoisotopic (exact) mass is 429 g/mol. The Bertz CT molecular complexity index is 831. The van der Waals surface area contributed by atoms with Crippen LogP contribution in [0.2, 0.25) is 0 Å². The summed E-state index contributed by atoms with van der Waals surface area (Å²) < 4.78 is 19.5. The van der Waals surface area contributed by atoms with Gasteiger partial charge in [0, 0.05) is 28.7 Å². The number of nitrogens with one attached hydrogen (secondary N) is 1. The fraction of sp³-hybridized carbons (Fsp3) is 0.467. The molecule has 1 amide bonds. The molecule has 0 bridgehead atoms. The zero-order valence-corrected chi connectivity index (χ0v) is 19.9. The molecule has 0 saturated heterocycles. The molecule has 134 valence electrons. The Hall–Kier alpha value is 0.1000. The topological polar surface area (TPSA) is 72.5 Å². The van der Waals surface area contributed by atoms with Gasteiger partial charge >= 0.3 is 35.7 Å². The van der Waals surface area contributed by atoms with Crippen molar-refractivity contribution in [2.24, 2.45) is 0 Å². The fourth-order valence-corrected chi connectivity index (χ4v) is 5.56. The van der Waals surface area contributed by atoms with E-state index in [1.807, 2.05) is 11.4 Å². The van der Waals surface area contributed by atoms with Crippen molar-refractivity contribution < 1.29 is 44.7 Å². The van der Waals surface area contributed by atoms with E-state index in [-0.39, 0.29) is 54.5 Å². The maximum atomic E-state index is 12.4. The van der Waals surface area contributed by atoms with E-state index < -0.39 is 22.5 Å². The maximum Gasteiger partial charge on any atom is 1.00 e. The molecule has 25 heavy (non-hydrogen) atoms. The van der Waals surface area contributed by atoms with Gasteiger partial charge in [-0.2, -0.15) is 0 Å². The average Bonchev–Trinajstić information content (AvgIpc) is 2.89. The number of hydrogen-bond donors (Lipinski definition) is 2. The molecule has 0 aromatic carbocycles. The first-order valence-electron chi connectivity index (χ1n) is 7.21. The summed E-state index contributed by atoms with van der Waals surface area (Å²) in [7, 11) is -1.27. The number of alkyl carbamates (subject to hydrolysis) is 1. The summed E-state index contributed by atoms with van der Waals surface area (Å²) in [5, 5.41) is 4.43. The minimum absolute atomic E-state index is 0. The number of rotatable bonds is 5. The van der Waals surface area contributed by atoms with Gasteiger partial charge in [0.15, 0.2) is 0 Å². The third-order valence-electron chi connectivity index (χ3n) is 2.88. The maximum absolute atomic E-state index is 12.4. The molecule has 5 nitrogen and oxygen atoms in total. The molecule has 1 unspecified atom stereocenters. The third-order valence-corrected chi connectivity index (χ3v) is 6.73. The van der Waals surface area contributed by atoms with E-state index in [0.717, 1.165) is 4.70 Å². The number of fused-ring (bicyclic) bond motifs is 1. The minimum Gasteiger partial charge on any atom is -1.00 e. The van der Waals surface area contributed by atoms with Gasteiger partial charge in [-0.3, -0.25) is 9.00 Å². The van der Waals surface area contributed by atoms with Gasteiger partial charge in [-0.1, -0.05) is 0 Å². The SMILES string of the molecule is CC(C)(C)OC(=O)NCCS(=O)Cc1c(S)sc2ccsc2c1=O.[H-].[Na+]. The van der Waals surface area contributed by atoms with E-state index in [0.29, 0.717) is 14.5 Å². The molecule has 0 aliphatic carbocycles. The molecule has 1 N–H and O–H groups in total. The zero-order chi connectivity index (χ0) is 17.9. The first-order valence-corrected chi connectivity index (χ1v) is 10.8. The summed E-state index contributed by atoms with van der Waals surface area (Å²) in [4.78, 5) is 24.0. The van der Waals surface area contributed by atoms with E-state index in [1.165, 1.54) is 22.7 Å². The molecule has 2 aromatic heterocycles. The van der Waals surface area contributed by atoms with Crippen molar-refractivity contribution in [3.63, 3.8) is 0 Å². The molecule has 2 rings (SSSR count). The van der Waals surface area contributed by atoms with Crippen molar-refractivity contribution in [2.75, 3.05) is 12.3 Å². The molecular weight excluding hydrogens is 409 g/mol. The van der Waals surface area contributed by atoms with Crippen LogP contribution in [0.15, 0.2) is 20.5 Å². The molecule has 1 atom stereocenters. The van der Waals surface area contributed by atoms with E-state index in [4.69, 9.17) is 4.74 Å². The zero-order valence-electron chi connectivity index (χ0n) is 15.6. The Balaban J connectivity index is 0.00000312. The summed E-state index contributed by atoms with van der Waals surface area (Å²) in [5.41, 5.74) is -0.190. The van der Waals surface area contributed by atoms with Crippen LogP contribution in [0, 0.1) is 0 Å². The molecule has 2 heterocycles. The van der Waals surface area contributed by atoms with Crippen LogP contribution >= 0.6 is 35.3 Å². The van der Waals surface area contributed by atoms with Crippen LogP contribution in [0.5, 0.6) is 0 Å². The summed E-state index contributed by atoms with van der Waals surface area (Å²) in [5.74, 6) is 0.386. The summed E-state index contributed by atoms with van der Waals surface area (Å²) in [6.45, 7) is 5.55. The van der Waals surface area contributed by atoms with Crippen LogP contribution in [0.1, 0.15) is 27.8 Å². The summed E-state index contributed by atoms with van der Waals surface area (Å²) in [6.07, 6.45) is -0.541. The number of amides is 1. The Morgan fingerprint density at radius 1 is 1.44 bits per heavy atom. The quantitative estimate of drug-likeness (QED) is 0.536. The first kappa shape index (κ1) is 23.1. The number of thiol groups is 1. The number of hydrogen-bond acceptors (Lipinski definition) is 7. The largest absolute Gasteiger partial charge is 1.00 e. The standard InChI is InChI=1S/C15H19NO4S4.Na.H/c1-15(2,3)20-14(18)16-5-7-24(19)8-9-11(17)12-10(4-6-22-12)23-13(9)21;;/h4,6,21H,5,7-8H2,1-3H3,(H,16,18);;/q;+1;-1. The predicted molar refractivity (Wildman–Crippen MR) is 105 cm³/mol. The summed E-state index contributed by atoms with van der Waals surface area (Å²) in [6, 6.07) is 1.89. The molecule has 0 aliphatic rings. The Morgan fingerprint density at radius 3 is 2.76 bits per heavy atom. The van der Waals surface area contributed by atoms with Crippen LogP contribution < -0.4 is 40.3 Å². The molecule has 0 radical (unpaired) electrons. The second kappa shape index (κ2) is 9.87. The second-order valence-corrected chi connectivity index (χ2v) is 10.3. The van der Waals surface area contributed by atoms with Crippen molar-refractivity contribution in [1.82, 2.24) is 5.32 Å². The molecule has 0 spiro atoms. The molecule has 2 aromatic rings. The van der Waals surface area contributed by atoms with Crippen LogP contribution in [0.25, 0.3) is 9.40 Å². The van der Waals surface area contributed by atoms with E-state index >= 15 is 0 Å². The van der Waals surface area contributed by atoms with Crippen LogP contribution in [0.4, 0.5) is 4.79 Å². The Labute approximate surface area is 186 Å². The average molecular weight is 430 g/mol. The Morgan fingerprint density at radius 2 is 2.12 bits per heavy atom. The Kier molecular flexibility index (Phi) is 9.13. The molecule has 0 saturated carbocycles. The van der Waals surface area contributed by atoms with Gasteiger partial charge in [0.05, 0.1) is 19.4 Å². The van der Waals surface area contributed by atoms with Gasteiger partial charge in [-0.05, 0) is 32.2 Å². The molecule has 10 heteroatoms. The van der Waals surface area contributed by atoms with Gasteiger partial charge in [0.2, 0.25) is 5.43 Å². The van der Waals surface area contributed by atoms with Crippen molar-refractivity contribution >= 4 is 61.6 Å². The molecular formula is C15H20NNaO4S4. The van der Waals surface area contributed by atoms with E-state index in [9.17, 15) is 13.8 Å². The van der Waals surface area contributed by atoms with Crippen LogP contribution in [-0.2, 0) is 21.3 Å². The number of ether oxygens (including phenoxy) is 1. The number of carbonyl (C=O) groups is 1. The van der Waals surface area contributed by atoms with E-state index in [1.54, 1.807) is 20.8 Å². The van der Waals surface area contributed by atoms with E-state index in [2.05, 4.69) is 17.9 Å². The van der Waals surface area contributed by atoms with Crippen LogP contribution in [0.3, 0.4) is 0 Å².